The monoisotopic (exact) mass is 333 g/mol. The maximum atomic E-state index is 12.1. The van der Waals surface area contributed by atoms with Crippen LogP contribution < -0.4 is 4.18 Å². The Morgan fingerprint density at radius 2 is 1.82 bits per heavy atom. The van der Waals surface area contributed by atoms with Crippen LogP contribution in [0.2, 0.25) is 0 Å². The normalized spacial score (nSPS) is 12.6. The summed E-state index contributed by atoms with van der Waals surface area (Å²) in [5.41, 5.74) is -4.71. The van der Waals surface area contributed by atoms with Gasteiger partial charge in [-0.1, -0.05) is 0 Å². The van der Waals surface area contributed by atoms with Gasteiger partial charge in [-0.05, 0) is 35.3 Å². The zero-order chi connectivity index (χ0) is 13.4. The molecule has 17 heavy (non-hydrogen) atoms. The number of hydrogen-bond acceptors (Lipinski definition) is 4. The fraction of sp³-hybridized carbons (Fsp3) is 0.375. The Balaban J connectivity index is 3.19. The van der Waals surface area contributed by atoms with Gasteiger partial charge in [-0.2, -0.15) is 21.6 Å². The van der Waals surface area contributed by atoms with Crippen molar-refractivity contribution in [1.82, 2.24) is 4.98 Å². The molecule has 0 aliphatic carbocycles. The van der Waals surface area contributed by atoms with Crippen molar-refractivity contribution in [2.75, 3.05) is 0 Å². The predicted octanol–water partition coefficient (Wildman–Crippen LogP) is 2.69. The average Bonchev–Trinajstić information content (AvgIpc) is 2.17. The summed E-state index contributed by atoms with van der Waals surface area (Å²) in [6.45, 7) is 3.00. The van der Waals surface area contributed by atoms with Gasteiger partial charge in [0.05, 0.1) is 0 Å². The fourth-order valence-electron chi connectivity index (χ4n) is 0.884. The number of aromatic nitrogens is 1. The van der Waals surface area contributed by atoms with Crippen LogP contribution in [-0.2, 0) is 10.1 Å². The van der Waals surface area contributed by atoms with Crippen molar-refractivity contribution in [1.29, 1.82) is 0 Å². The van der Waals surface area contributed by atoms with Gasteiger partial charge < -0.3 is 4.18 Å². The summed E-state index contributed by atoms with van der Waals surface area (Å²) in [6, 6.07) is 0. The second-order valence-electron chi connectivity index (χ2n) is 3.14. The molecule has 0 bridgehead atoms. The lowest BCUT2D eigenvalue weighted by Crippen LogP contribution is -2.28. The van der Waals surface area contributed by atoms with Crippen molar-refractivity contribution >= 4 is 26.0 Å². The summed E-state index contributed by atoms with van der Waals surface area (Å²) in [5.74, 6) is -0.581. The van der Waals surface area contributed by atoms with E-state index in [1.165, 1.54) is 13.1 Å². The molecule has 0 aliphatic rings. The minimum absolute atomic E-state index is 0.215. The van der Waals surface area contributed by atoms with E-state index in [-0.39, 0.29) is 5.56 Å². The van der Waals surface area contributed by atoms with Crippen LogP contribution in [0.5, 0.6) is 5.88 Å². The molecule has 0 unspecified atom stereocenters. The van der Waals surface area contributed by atoms with Gasteiger partial charge in [0, 0.05) is 16.2 Å². The van der Waals surface area contributed by atoms with Gasteiger partial charge >= 0.3 is 15.6 Å². The lowest BCUT2D eigenvalue weighted by Gasteiger charge is -2.12. The van der Waals surface area contributed by atoms with Crippen molar-refractivity contribution in [3.63, 3.8) is 0 Å². The van der Waals surface area contributed by atoms with Gasteiger partial charge in [-0.25, -0.2) is 4.98 Å². The minimum Gasteiger partial charge on any atom is -0.355 e. The molecule has 9 heteroatoms. The molecule has 0 saturated carbocycles. The zero-order valence-corrected chi connectivity index (χ0v) is 11.1. The molecule has 96 valence electrons. The number of pyridine rings is 1. The van der Waals surface area contributed by atoms with Crippen molar-refractivity contribution in [2.24, 2.45) is 0 Å². The molecule has 0 spiro atoms. The van der Waals surface area contributed by atoms with Gasteiger partial charge in [-0.15, -0.1) is 0 Å². The number of alkyl halides is 3. The zero-order valence-electron chi connectivity index (χ0n) is 8.67. The SMILES string of the molecule is Cc1c(Br)cnc(OS(=O)(=O)C(F)(F)F)c1C. The van der Waals surface area contributed by atoms with Crippen LogP contribution in [0.4, 0.5) is 13.2 Å². The molecular weight excluding hydrogens is 327 g/mol. The minimum atomic E-state index is -5.68. The smallest absolute Gasteiger partial charge is 0.355 e. The summed E-state index contributed by atoms with van der Waals surface area (Å²) >= 11 is 3.11. The molecule has 4 nitrogen and oxygen atoms in total. The topological polar surface area (TPSA) is 56.3 Å². The summed E-state index contributed by atoms with van der Waals surface area (Å²) < 4.78 is 62.3. The highest BCUT2D eigenvalue weighted by Crippen LogP contribution is 2.30. The Hall–Kier alpha value is -0.830. The molecule has 0 fully saturated rings. The number of hydrogen-bond donors (Lipinski definition) is 0. The Morgan fingerprint density at radius 1 is 1.29 bits per heavy atom. The van der Waals surface area contributed by atoms with Crippen LogP contribution in [0.25, 0.3) is 0 Å². The summed E-state index contributed by atoms with van der Waals surface area (Å²) in [7, 11) is -5.68. The molecule has 0 atom stereocenters. The largest absolute Gasteiger partial charge is 0.534 e. The van der Waals surface area contributed by atoms with Crippen LogP contribution in [-0.4, -0.2) is 18.9 Å². The summed E-state index contributed by atoms with van der Waals surface area (Å²) in [6.07, 6.45) is 1.17. The third kappa shape index (κ3) is 2.89. The van der Waals surface area contributed by atoms with Crippen LogP contribution in [0.3, 0.4) is 0 Å². The molecule has 0 amide bonds. The average molecular weight is 334 g/mol. The van der Waals surface area contributed by atoms with E-state index in [4.69, 9.17) is 0 Å². The van der Waals surface area contributed by atoms with E-state index in [1.807, 2.05) is 0 Å². The Bertz CT molecular complexity index is 542. The highest BCUT2D eigenvalue weighted by atomic mass is 79.9. The first-order valence-electron chi connectivity index (χ1n) is 4.18. The standard InChI is InChI=1S/C8H7BrF3NO3S/c1-4-5(2)7(13-3-6(4)9)16-17(14,15)8(10,11)12/h3H,1-2H3. The van der Waals surface area contributed by atoms with Gasteiger partial charge in [0.15, 0.2) is 0 Å². The quantitative estimate of drug-likeness (QED) is 0.616. The second-order valence-corrected chi connectivity index (χ2v) is 5.54. The van der Waals surface area contributed by atoms with Crippen molar-refractivity contribution in [2.45, 2.75) is 19.4 Å². The van der Waals surface area contributed by atoms with Crippen LogP contribution in [0, 0.1) is 13.8 Å². The first-order chi connectivity index (χ1) is 7.56. The third-order valence-corrected chi connectivity index (χ3v) is 3.75. The molecule has 0 radical (unpaired) electrons. The summed E-state index contributed by atoms with van der Waals surface area (Å²) in [4.78, 5) is 3.49. The molecule has 1 rings (SSSR count). The van der Waals surface area contributed by atoms with Crippen LogP contribution >= 0.6 is 15.9 Å². The lowest BCUT2D eigenvalue weighted by atomic mass is 10.2. The highest BCUT2D eigenvalue weighted by Gasteiger charge is 2.49. The van der Waals surface area contributed by atoms with Crippen LogP contribution in [0.1, 0.15) is 11.1 Å². The van der Waals surface area contributed by atoms with Crippen LogP contribution in [0.15, 0.2) is 10.7 Å². The lowest BCUT2D eigenvalue weighted by molar-refractivity contribution is -0.0501. The first-order valence-corrected chi connectivity index (χ1v) is 6.39. The van der Waals surface area contributed by atoms with E-state index >= 15 is 0 Å². The molecule has 0 aliphatic heterocycles. The molecule has 0 aromatic carbocycles. The second kappa shape index (κ2) is 4.45. The van der Waals surface area contributed by atoms with Crippen molar-refractivity contribution in [3.05, 3.63) is 21.8 Å². The Labute approximate surface area is 104 Å². The predicted molar refractivity (Wildman–Crippen MR) is 57.0 cm³/mol. The van der Waals surface area contributed by atoms with E-state index in [0.29, 0.717) is 10.0 Å². The maximum absolute atomic E-state index is 12.1. The molecule has 0 N–H and O–H groups in total. The molecule has 1 heterocycles. The molecule has 0 saturated heterocycles. The Morgan fingerprint density at radius 3 is 2.29 bits per heavy atom. The molecule has 1 aromatic rings. The molecule has 1 aromatic heterocycles. The number of nitrogens with zero attached hydrogens (tertiary/aromatic N) is 1. The van der Waals surface area contributed by atoms with Gasteiger partial charge in [0.1, 0.15) is 0 Å². The van der Waals surface area contributed by atoms with Crippen molar-refractivity contribution in [3.8, 4) is 5.88 Å². The van der Waals surface area contributed by atoms with E-state index < -0.39 is 21.5 Å². The van der Waals surface area contributed by atoms with E-state index in [1.54, 1.807) is 6.92 Å². The first kappa shape index (κ1) is 14.2. The van der Waals surface area contributed by atoms with Crippen molar-refractivity contribution < 1.29 is 25.8 Å². The number of rotatable bonds is 2. The molecular formula is C8H7BrF3NO3S. The highest BCUT2D eigenvalue weighted by molar-refractivity contribution is 9.10. The fourth-order valence-corrected chi connectivity index (χ4v) is 1.75. The van der Waals surface area contributed by atoms with Gasteiger partial charge in [0.25, 0.3) is 0 Å². The van der Waals surface area contributed by atoms with Gasteiger partial charge in [-0.3, -0.25) is 0 Å². The van der Waals surface area contributed by atoms with E-state index in [9.17, 15) is 21.6 Å². The maximum Gasteiger partial charge on any atom is 0.534 e. The number of halogens is 4. The van der Waals surface area contributed by atoms with E-state index in [0.717, 1.165) is 0 Å². The Kier molecular flexibility index (Phi) is 3.72. The third-order valence-electron chi connectivity index (χ3n) is 2.01. The summed E-state index contributed by atoms with van der Waals surface area (Å²) in [5, 5.41) is 0. The van der Waals surface area contributed by atoms with Gasteiger partial charge in [0.2, 0.25) is 5.88 Å². The van der Waals surface area contributed by atoms with E-state index in [2.05, 4.69) is 25.1 Å².